The number of nitrogens with two attached hydrogens (primary N) is 1. The van der Waals surface area contributed by atoms with Gasteiger partial charge in [-0.1, -0.05) is 43.0 Å². The van der Waals surface area contributed by atoms with Gasteiger partial charge in [0.2, 0.25) is 0 Å². The second kappa shape index (κ2) is 7.12. The first-order chi connectivity index (χ1) is 14.6. The molecular weight excluding hydrogens is 374 g/mol. The Morgan fingerprint density at radius 3 is 2.40 bits per heavy atom. The molecule has 0 bridgehead atoms. The number of nitrogens with one attached hydrogen (secondary N) is 1. The summed E-state index contributed by atoms with van der Waals surface area (Å²) in [6.07, 6.45) is 0. The van der Waals surface area contributed by atoms with Gasteiger partial charge in [0.1, 0.15) is 23.1 Å². The number of rotatable bonds is 4. The maximum absolute atomic E-state index is 6.55. The molecule has 0 fully saturated rings. The Kier molecular flexibility index (Phi) is 4.29. The van der Waals surface area contributed by atoms with Gasteiger partial charge in [-0.15, -0.1) is 0 Å². The van der Waals surface area contributed by atoms with Gasteiger partial charge < -0.3 is 20.5 Å². The molecule has 1 heterocycles. The van der Waals surface area contributed by atoms with Crippen molar-refractivity contribution in [3.05, 3.63) is 107 Å². The number of hydrogen-bond acceptors (Lipinski definition) is 5. The molecular formula is C25H21N3O2. The third-order valence-electron chi connectivity index (χ3n) is 5.35. The molecule has 5 nitrogen and oxygen atoms in total. The monoisotopic (exact) mass is 395 g/mol. The van der Waals surface area contributed by atoms with E-state index in [0.717, 1.165) is 50.9 Å². The van der Waals surface area contributed by atoms with Crippen molar-refractivity contribution < 1.29 is 9.47 Å². The average Bonchev–Trinajstić information content (AvgIpc) is 3.06. The average molecular weight is 395 g/mol. The molecule has 3 N–H and O–H groups in total. The normalized spacial score (nSPS) is 17.0. The fourth-order valence-electron chi connectivity index (χ4n) is 3.95. The molecule has 0 spiro atoms. The smallest absolute Gasteiger partial charge is 0.127 e. The lowest BCUT2D eigenvalue weighted by molar-refractivity contribution is 0.413. The zero-order valence-electron chi connectivity index (χ0n) is 16.6. The van der Waals surface area contributed by atoms with Crippen LogP contribution in [0.1, 0.15) is 22.7 Å². The quantitative estimate of drug-likeness (QED) is 0.667. The topological polar surface area (TPSA) is 68.9 Å². The van der Waals surface area contributed by atoms with Crippen molar-refractivity contribution in [1.29, 1.82) is 0 Å². The summed E-state index contributed by atoms with van der Waals surface area (Å²) in [5.41, 5.74) is 12.2. The molecule has 0 amide bonds. The van der Waals surface area contributed by atoms with Gasteiger partial charge in [0.15, 0.2) is 0 Å². The number of fused-ring (bicyclic) bond motifs is 3. The van der Waals surface area contributed by atoms with Crippen molar-refractivity contribution >= 4 is 11.4 Å². The number of hydrogen-bond donors (Lipinski definition) is 2. The highest BCUT2D eigenvalue weighted by Crippen LogP contribution is 2.41. The Bertz CT molecular complexity index is 1210. The van der Waals surface area contributed by atoms with Crippen molar-refractivity contribution in [2.45, 2.75) is 6.04 Å². The van der Waals surface area contributed by atoms with Crippen LogP contribution in [-0.4, -0.2) is 12.8 Å². The van der Waals surface area contributed by atoms with Crippen LogP contribution < -0.4 is 20.5 Å². The molecule has 0 saturated carbocycles. The minimum Gasteiger partial charge on any atom is -0.497 e. The van der Waals surface area contributed by atoms with E-state index in [1.165, 1.54) is 0 Å². The Morgan fingerprint density at radius 1 is 0.900 bits per heavy atom. The van der Waals surface area contributed by atoms with E-state index in [2.05, 4.69) is 23.0 Å². The first-order valence-electron chi connectivity index (χ1n) is 9.70. The molecule has 0 aromatic heterocycles. The lowest BCUT2D eigenvalue weighted by Gasteiger charge is -2.27. The number of methoxy groups -OCH3 is 1. The molecule has 1 atom stereocenters. The Hall–Kier alpha value is -3.99. The molecule has 1 aliphatic heterocycles. The van der Waals surface area contributed by atoms with Crippen LogP contribution >= 0.6 is 0 Å². The van der Waals surface area contributed by atoms with Crippen LogP contribution in [0.2, 0.25) is 0 Å². The first kappa shape index (κ1) is 18.1. The van der Waals surface area contributed by atoms with Crippen LogP contribution in [0.4, 0.5) is 0 Å². The van der Waals surface area contributed by atoms with E-state index in [9.17, 15) is 0 Å². The van der Waals surface area contributed by atoms with Crippen LogP contribution in [0.25, 0.3) is 5.70 Å². The summed E-state index contributed by atoms with van der Waals surface area (Å²) in [6, 6.07) is 23.4. The van der Waals surface area contributed by atoms with Gasteiger partial charge in [0, 0.05) is 22.4 Å². The minimum atomic E-state index is -0.156. The van der Waals surface area contributed by atoms with Gasteiger partial charge in [0.25, 0.3) is 0 Å². The largest absolute Gasteiger partial charge is 0.497 e. The van der Waals surface area contributed by atoms with Crippen LogP contribution in [0.15, 0.2) is 95.8 Å². The molecule has 1 aliphatic carbocycles. The van der Waals surface area contributed by atoms with Crippen molar-refractivity contribution in [2.75, 3.05) is 7.11 Å². The standard InChI is InChI=1S/C25H21N3O2/c1-15-27-24(22-23(26)20-8-3-4-9-21(20)25(22)28-15)16-6-5-7-19(14-16)30-18-12-10-17(29-2)11-13-18/h3-14,24,27H,1,26H2,2H3. The Balaban J connectivity index is 1.50. The number of benzene rings is 3. The Labute approximate surface area is 175 Å². The summed E-state index contributed by atoms with van der Waals surface area (Å²) in [4.78, 5) is 4.65. The van der Waals surface area contributed by atoms with E-state index in [4.69, 9.17) is 15.2 Å². The summed E-state index contributed by atoms with van der Waals surface area (Å²) in [5, 5.41) is 3.38. The van der Waals surface area contributed by atoms with Gasteiger partial charge in [-0.2, -0.15) is 0 Å². The van der Waals surface area contributed by atoms with Crippen LogP contribution in [-0.2, 0) is 0 Å². The molecule has 2 aliphatic rings. The molecule has 0 saturated heterocycles. The van der Waals surface area contributed by atoms with E-state index in [1.54, 1.807) is 7.11 Å². The van der Waals surface area contributed by atoms with Crippen molar-refractivity contribution in [3.63, 3.8) is 0 Å². The van der Waals surface area contributed by atoms with E-state index in [-0.39, 0.29) is 6.04 Å². The summed E-state index contributed by atoms with van der Waals surface area (Å²) >= 11 is 0. The van der Waals surface area contributed by atoms with Crippen LogP contribution in [0.5, 0.6) is 17.2 Å². The fraction of sp³-hybridized carbons (Fsp3) is 0.0800. The molecule has 1 unspecified atom stereocenters. The summed E-state index contributed by atoms with van der Waals surface area (Å²) in [6.45, 7) is 4.05. The zero-order chi connectivity index (χ0) is 20.7. The van der Waals surface area contributed by atoms with Gasteiger partial charge in [-0.05, 0) is 42.0 Å². The van der Waals surface area contributed by atoms with Gasteiger partial charge in [-0.3, -0.25) is 0 Å². The zero-order valence-corrected chi connectivity index (χ0v) is 16.6. The maximum atomic E-state index is 6.55. The summed E-state index contributed by atoms with van der Waals surface area (Å²) in [5.74, 6) is 2.88. The number of nitrogens with zero attached hydrogens (tertiary/aromatic N) is 1. The van der Waals surface area contributed by atoms with Crippen molar-refractivity contribution in [3.8, 4) is 17.2 Å². The highest BCUT2D eigenvalue weighted by molar-refractivity contribution is 6.24. The van der Waals surface area contributed by atoms with Crippen molar-refractivity contribution in [1.82, 2.24) is 5.32 Å². The highest BCUT2D eigenvalue weighted by Gasteiger charge is 2.35. The summed E-state index contributed by atoms with van der Waals surface area (Å²) < 4.78 is 11.3. The summed E-state index contributed by atoms with van der Waals surface area (Å²) in [7, 11) is 1.64. The lowest BCUT2D eigenvalue weighted by Crippen LogP contribution is -2.30. The van der Waals surface area contributed by atoms with Crippen molar-refractivity contribution in [2.24, 2.45) is 10.7 Å². The van der Waals surface area contributed by atoms with Gasteiger partial charge >= 0.3 is 0 Å². The molecule has 30 heavy (non-hydrogen) atoms. The predicted molar refractivity (Wildman–Crippen MR) is 119 cm³/mol. The number of ether oxygens (including phenoxy) is 2. The Morgan fingerprint density at radius 2 is 1.63 bits per heavy atom. The minimum absolute atomic E-state index is 0.156. The van der Waals surface area contributed by atoms with Gasteiger partial charge in [-0.25, -0.2) is 4.99 Å². The SMILES string of the molecule is C=C1N=C2C(=C(N)c3ccccc32)C(c2cccc(Oc3ccc(OC)cc3)c2)N1. The molecule has 5 heteroatoms. The third-order valence-corrected chi connectivity index (χ3v) is 5.35. The number of aliphatic imine (C=N–C) groups is 1. The predicted octanol–water partition coefficient (Wildman–Crippen LogP) is 4.78. The second-order valence-electron chi connectivity index (χ2n) is 7.21. The fourth-order valence-corrected chi connectivity index (χ4v) is 3.95. The first-order valence-corrected chi connectivity index (χ1v) is 9.70. The van der Waals surface area contributed by atoms with E-state index in [1.807, 2.05) is 66.7 Å². The van der Waals surface area contributed by atoms with Crippen LogP contribution in [0.3, 0.4) is 0 Å². The molecule has 0 radical (unpaired) electrons. The van der Waals surface area contributed by atoms with Gasteiger partial charge in [0.05, 0.1) is 18.9 Å². The lowest BCUT2D eigenvalue weighted by atomic mass is 9.93. The highest BCUT2D eigenvalue weighted by atomic mass is 16.5. The third kappa shape index (κ3) is 3.01. The molecule has 148 valence electrons. The molecule has 3 aromatic carbocycles. The molecule has 5 rings (SSSR count). The van der Waals surface area contributed by atoms with E-state index in [0.29, 0.717) is 5.82 Å². The van der Waals surface area contributed by atoms with E-state index < -0.39 is 0 Å². The maximum Gasteiger partial charge on any atom is 0.127 e. The van der Waals surface area contributed by atoms with E-state index >= 15 is 0 Å². The second-order valence-corrected chi connectivity index (χ2v) is 7.21. The molecule has 3 aromatic rings. The van der Waals surface area contributed by atoms with Crippen LogP contribution in [0, 0.1) is 0 Å².